The molecule has 12 nitrogen and oxygen atoms in total. The lowest BCUT2D eigenvalue weighted by Crippen LogP contribution is -1.93. The highest BCUT2D eigenvalue weighted by Crippen LogP contribution is 2.33. The third kappa shape index (κ3) is 8.61. The van der Waals surface area contributed by atoms with E-state index in [0.29, 0.717) is 0 Å². The number of non-ortho nitro benzene ring substituents is 4. The van der Waals surface area contributed by atoms with Crippen molar-refractivity contribution < 1.29 is 19.7 Å². The fourth-order valence-electron chi connectivity index (χ4n) is 6.45. The van der Waals surface area contributed by atoms with E-state index < -0.39 is 19.7 Å². The van der Waals surface area contributed by atoms with Crippen LogP contribution in [0.25, 0.3) is 45.6 Å². The van der Waals surface area contributed by atoms with Gasteiger partial charge in [-0.1, -0.05) is 72.8 Å². The van der Waals surface area contributed by atoms with E-state index in [1.165, 1.54) is 48.5 Å². The first-order valence-corrected chi connectivity index (χ1v) is 17.8. The van der Waals surface area contributed by atoms with Crippen LogP contribution in [0, 0.1) is 40.5 Å². The largest absolute Gasteiger partial charge is 0.269 e. The van der Waals surface area contributed by atoms with E-state index in [2.05, 4.69) is 0 Å². The molecule has 0 N–H and O–H groups in total. The lowest BCUT2D eigenvalue weighted by Gasteiger charge is -2.10. The Morgan fingerprint density at radius 1 is 0.293 bits per heavy atom. The maximum absolute atomic E-state index is 11.3. The summed E-state index contributed by atoms with van der Waals surface area (Å²) in [6.07, 6.45) is 3.88. The molecular weight excluding hydrogens is 737 g/mol. The fourth-order valence-corrected chi connectivity index (χ4v) is 6.45. The Morgan fingerprint density at radius 3 is 0.672 bits per heavy atom. The second-order valence-electron chi connectivity index (χ2n) is 13.2. The van der Waals surface area contributed by atoms with Crippen molar-refractivity contribution in [3.8, 4) is 22.3 Å². The topological polar surface area (TPSA) is 173 Å². The van der Waals surface area contributed by atoms with Crippen molar-refractivity contribution in [3.63, 3.8) is 0 Å². The first-order chi connectivity index (χ1) is 28.0. The average Bonchev–Trinajstić information content (AvgIpc) is 3.25. The zero-order valence-corrected chi connectivity index (χ0v) is 30.4. The van der Waals surface area contributed by atoms with Crippen LogP contribution in [0.5, 0.6) is 0 Å². The molecule has 0 bridgehead atoms. The minimum absolute atomic E-state index is 0.0383. The van der Waals surface area contributed by atoms with Crippen molar-refractivity contribution in [2.75, 3.05) is 0 Å². The van der Waals surface area contributed by atoms with Crippen molar-refractivity contribution >= 4 is 46.0 Å². The highest BCUT2D eigenvalue weighted by molar-refractivity contribution is 5.93. The van der Waals surface area contributed by atoms with Crippen LogP contribution in [0.3, 0.4) is 0 Å². The molecule has 0 amide bonds. The van der Waals surface area contributed by atoms with Gasteiger partial charge in [0, 0.05) is 48.5 Å². The van der Waals surface area contributed by atoms with Gasteiger partial charge in [-0.15, -0.1) is 0 Å². The Balaban J connectivity index is 1.12. The van der Waals surface area contributed by atoms with Gasteiger partial charge in [-0.3, -0.25) is 40.5 Å². The van der Waals surface area contributed by atoms with E-state index in [9.17, 15) is 40.5 Å². The zero-order chi connectivity index (χ0) is 40.8. The van der Waals surface area contributed by atoms with Crippen LogP contribution >= 0.6 is 0 Å². The summed E-state index contributed by atoms with van der Waals surface area (Å²) in [7, 11) is 0. The van der Waals surface area contributed by atoms with Crippen molar-refractivity contribution in [2.45, 2.75) is 0 Å². The average molecular weight is 767 g/mol. The van der Waals surface area contributed by atoms with Gasteiger partial charge in [0.05, 0.1) is 19.7 Å². The third-order valence-electron chi connectivity index (χ3n) is 9.55. The van der Waals surface area contributed by atoms with E-state index in [1.807, 2.05) is 84.9 Å². The number of benzene rings is 7. The molecule has 0 aliphatic heterocycles. The van der Waals surface area contributed by atoms with E-state index in [0.717, 1.165) is 66.8 Å². The van der Waals surface area contributed by atoms with Crippen LogP contribution in [-0.2, 0) is 0 Å². The number of hydrogen-bond acceptors (Lipinski definition) is 8. The van der Waals surface area contributed by atoms with Crippen LogP contribution < -0.4 is 0 Å². The van der Waals surface area contributed by atoms with Gasteiger partial charge in [-0.2, -0.15) is 0 Å². The number of nitro benzene ring substituents is 4. The van der Waals surface area contributed by atoms with Crippen molar-refractivity contribution in [2.24, 2.45) is 0 Å². The first-order valence-electron chi connectivity index (χ1n) is 17.8. The summed E-state index contributed by atoms with van der Waals surface area (Å²) in [5, 5.41) is 45.0. The van der Waals surface area contributed by atoms with Crippen molar-refractivity contribution in [1.82, 2.24) is 0 Å². The molecule has 0 aliphatic rings. The van der Waals surface area contributed by atoms with Gasteiger partial charge in [0.25, 0.3) is 22.7 Å². The number of hydrogen-bond donors (Lipinski definition) is 0. The Labute approximate surface area is 330 Å². The summed E-state index contributed by atoms with van der Waals surface area (Å²) in [4.78, 5) is 43.1. The molecular formula is C46H30N4O8. The molecule has 0 radical (unpaired) electrons. The molecule has 7 rings (SSSR count). The van der Waals surface area contributed by atoms with Gasteiger partial charge in [-0.05, 0) is 127 Å². The third-order valence-corrected chi connectivity index (χ3v) is 9.55. The monoisotopic (exact) mass is 766 g/mol. The number of nitrogens with zero attached hydrogens (tertiary/aromatic N) is 4. The SMILES string of the molecule is O=[N+]([O-])c1ccc(C(=Cc2ccc(-c3ccc(-c4ccc(C=C(c5ccc([N+](=O)[O-])cc5)c5ccc([N+](=O)[O-])cc5)cc4)cc3)cc2)c2ccc([N+](=O)[O-])cc2)cc1. The van der Waals surface area contributed by atoms with Gasteiger partial charge in [0.15, 0.2) is 0 Å². The molecule has 0 unspecified atom stereocenters. The van der Waals surface area contributed by atoms with Crippen LogP contribution in [0.2, 0.25) is 0 Å². The van der Waals surface area contributed by atoms with Gasteiger partial charge < -0.3 is 0 Å². The molecule has 0 aromatic heterocycles. The Kier molecular flexibility index (Phi) is 10.8. The summed E-state index contributed by atoms with van der Waals surface area (Å²) in [6, 6.07) is 48.7. The molecule has 0 atom stereocenters. The van der Waals surface area contributed by atoms with Gasteiger partial charge in [0.2, 0.25) is 0 Å². The highest BCUT2D eigenvalue weighted by atomic mass is 16.6. The smallest absolute Gasteiger partial charge is 0.258 e. The molecule has 58 heavy (non-hydrogen) atoms. The molecule has 7 aromatic carbocycles. The first kappa shape index (κ1) is 37.9. The zero-order valence-electron chi connectivity index (χ0n) is 30.4. The number of rotatable bonds is 12. The Morgan fingerprint density at radius 2 is 0.483 bits per heavy atom. The predicted octanol–water partition coefficient (Wildman–Crippen LogP) is 11.8. The summed E-state index contributed by atoms with van der Waals surface area (Å²) >= 11 is 0. The lowest BCUT2D eigenvalue weighted by atomic mass is 9.94. The fraction of sp³-hybridized carbons (Fsp3) is 0. The maximum atomic E-state index is 11.3. The molecule has 0 aliphatic carbocycles. The van der Waals surface area contributed by atoms with Crippen LogP contribution in [0.4, 0.5) is 22.7 Å². The van der Waals surface area contributed by atoms with E-state index in [-0.39, 0.29) is 22.7 Å². The molecule has 0 saturated carbocycles. The quantitative estimate of drug-likeness (QED) is 0.0671. The lowest BCUT2D eigenvalue weighted by molar-refractivity contribution is -0.385. The minimum Gasteiger partial charge on any atom is -0.258 e. The molecule has 0 fully saturated rings. The summed E-state index contributed by atoms with van der Waals surface area (Å²) < 4.78 is 0. The molecule has 0 spiro atoms. The maximum Gasteiger partial charge on any atom is 0.269 e. The molecule has 7 aromatic rings. The standard InChI is InChI=1S/C46H30N4O8/c51-47(52)41-21-13-37(14-22-41)45(38-15-23-42(24-16-38)48(53)54)29-31-1-5-33(6-2-31)35-9-11-36(12-10-35)34-7-3-32(4-8-34)30-46(39-17-25-43(26-18-39)49(55)56)40-19-27-44(28-20-40)50(57)58/h1-30H. The summed E-state index contributed by atoms with van der Waals surface area (Å²) in [5.74, 6) is 0. The van der Waals surface area contributed by atoms with Crippen LogP contribution in [0.1, 0.15) is 33.4 Å². The molecule has 0 heterocycles. The van der Waals surface area contributed by atoms with Gasteiger partial charge >= 0.3 is 0 Å². The second-order valence-corrected chi connectivity index (χ2v) is 13.2. The number of nitro groups is 4. The van der Waals surface area contributed by atoms with E-state index in [1.54, 1.807) is 48.5 Å². The second kappa shape index (κ2) is 16.6. The molecule has 282 valence electrons. The van der Waals surface area contributed by atoms with Gasteiger partial charge in [-0.25, -0.2) is 0 Å². The molecule has 0 saturated heterocycles. The Hall–Kier alpha value is -8.38. The van der Waals surface area contributed by atoms with E-state index >= 15 is 0 Å². The van der Waals surface area contributed by atoms with Crippen molar-refractivity contribution in [3.05, 3.63) is 244 Å². The van der Waals surface area contributed by atoms with Crippen LogP contribution in [0.15, 0.2) is 170 Å². The Bertz CT molecular complexity index is 2400. The minimum atomic E-state index is -0.464. The highest BCUT2D eigenvalue weighted by Gasteiger charge is 2.14. The predicted molar refractivity (Wildman–Crippen MR) is 224 cm³/mol. The van der Waals surface area contributed by atoms with Gasteiger partial charge in [0.1, 0.15) is 0 Å². The summed E-state index contributed by atoms with van der Waals surface area (Å²) in [5.41, 5.74) is 9.93. The van der Waals surface area contributed by atoms with Crippen LogP contribution in [-0.4, -0.2) is 19.7 Å². The normalized spacial score (nSPS) is 10.6. The molecule has 12 heteroatoms. The summed E-state index contributed by atoms with van der Waals surface area (Å²) in [6.45, 7) is 0. The van der Waals surface area contributed by atoms with E-state index in [4.69, 9.17) is 0 Å². The van der Waals surface area contributed by atoms with Crippen molar-refractivity contribution in [1.29, 1.82) is 0 Å².